The predicted octanol–water partition coefficient (Wildman–Crippen LogP) is 9.85. The van der Waals surface area contributed by atoms with E-state index in [0.29, 0.717) is 0 Å². The fraction of sp³-hybridized carbons (Fsp3) is 0.133. The minimum atomic E-state index is -2.57. The van der Waals surface area contributed by atoms with Crippen LogP contribution >= 0.6 is 17.0 Å². The van der Waals surface area contributed by atoms with Crippen molar-refractivity contribution in [1.29, 1.82) is 0 Å². The average molecular weight is 548 g/mol. The SMILES string of the molecule is CCCC1=Cc2c(ccc(-c3ccccc3)c2-c2ccccc2-c2ccccc2)[CH]1[Zr]([Cl])[Cl]. The third-order valence-electron chi connectivity index (χ3n) is 6.41. The van der Waals surface area contributed by atoms with E-state index < -0.39 is 19.4 Å². The summed E-state index contributed by atoms with van der Waals surface area (Å²) < 4.78 is 0.234. The van der Waals surface area contributed by atoms with Crippen LogP contribution in [-0.4, -0.2) is 0 Å². The van der Waals surface area contributed by atoms with Gasteiger partial charge in [0.2, 0.25) is 0 Å². The predicted molar refractivity (Wildman–Crippen MR) is 140 cm³/mol. The van der Waals surface area contributed by atoms with E-state index in [9.17, 15) is 0 Å². The van der Waals surface area contributed by atoms with Crippen molar-refractivity contribution in [3.05, 3.63) is 114 Å². The molecule has 0 amide bonds. The molecule has 0 nitrogen and oxygen atoms in total. The Hall–Kier alpha value is -1.92. The van der Waals surface area contributed by atoms with Crippen LogP contribution in [0.5, 0.6) is 0 Å². The number of benzene rings is 4. The van der Waals surface area contributed by atoms with Crippen LogP contribution in [0.3, 0.4) is 0 Å². The summed E-state index contributed by atoms with van der Waals surface area (Å²) in [5, 5.41) is 0. The zero-order valence-corrected chi connectivity index (χ0v) is 22.5. The maximum atomic E-state index is 6.75. The van der Waals surface area contributed by atoms with Gasteiger partial charge in [0.05, 0.1) is 0 Å². The molecule has 1 aliphatic carbocycles. The molecular formula is C30H25Cl2Zr. The minimum absolute atomic E-state index is 0.234. The molecule has 1 atom stereocenters. The van der Waals surface area contributed by atoms with Crippen molar-refractivity contribution in [2.45, 2.75) is 23.4 Å². The molecule has 0 aromatic heterocycles. The average Bonchev–Trinajstić information content (AvgIpc) is 3.23. The molecule has 0 saturated carbocycles. The zero-order valence-electron chi connectivity index (χ0n) is 18.6. The van der Waals surface area contributed by atoms with Crippen molar-refractivity contribution in [3.8, 4) is 33.4 Å². The van der Waals surface area contributed by atoms with E-state index in [-0.39, 0.29) is 3.63 Å². The van der Waals surface area contributed by atoms with Crippen molar-refractivity contribution in [2.24, 2.45) is 0 Å². The Kier molecular flexibility index (Phi) is 7.03. The zero-order chi connectivity index (χ0) is 22.8. The van der Waals surface area contributed by atoms with Crippen molar-refractivity contribution in [1.82, 2.24) is 0 Å². The normalized spacial score (nSPS) is 14.6. The van der Waals surface area contributed by atoms with Crippen molar-refractivity contribution >= 4 is 23.1 Å². The molecule has 0 N–H and O–H groups in total. The van der Waals surface area contributed by atoms with Crippen LogP contribution in [0.1, 0.15) is 34.5 Å². The molecule has 4 aromatic carbocycles. The third-order valence-corrected chi connectivity index (χ3v) is 11.7. The summed E-state index contributed by atoms with van der Waals surface area (Å²) in [6.45, 7) is 2.23. The molecule has 5 rings (SSSR count). The summed E-state index contributed by atoms with van der Waals surface area (Å²) >= 11 is -2.57. The maximum absolute atomic E-state index is 6.75. The van der Waals surface area contributed by atoms with Gasteiger partial charge in [-0.3, -0.25) is 0 Å². The molecule has 33 heavy (non-hydrogen) atoms. The van der Waals surface area contributed by atoms with Gasteiger partial charge in [0, 0.05) is 0 Å². The van der Waals surface area contributed by atoms with Gasteiger partial charge in [-0.15, -0.1) is 0 Å². The quantitative estimate of drug-likeness (QED) is 0.225. The van der Waals surface area contributed by atoms with Crippen molar-refractivity contribution in [2.75, 3.05) is 0 Å². The summed E-state index contributed by atoms with van der Waals surface area (Å²) in [5.41, 5.74) is 11.5. The van der Waals surface area contributed by atoms with Crippen LogP contribution in [0.4, 0.5) is 0 Å². The molecule has 1 aliphatic rings. The third kappa shape index (κ3) is 4.44. The van der Waals surface area contributed by atoms with Gasteiger partial charge in [-0.2, -0.15) is 0 Å². The van der Waals surface area contributed by atoms with E-state index >= 15 is 0 Å². The van der Waals surface area contributed by atoms with Crippen LogP contribution < -0.4 is 0 Å². The summed E-state index contributed by atoms with van der Waals surface area (Å²) in [5.74, 6) is 0. The summed E-state index contributed by atoms with van der Waals surface area (Å²) in [6, 6.07) is 34.7. The molecular weight excluding hydrogens is 522 g/mol. The Morgan fingerprint density at radius 3 is 1.85 bits per heavy atom. The number of halogens is 2. The second kappa shape index (κ2) is 10.1. The van der Waals surface area contributed by atoms with Gasteiger partial charge in [-0.1, -0.05) is 0 Å². The molecule has 0 spiro atoms. The Balaban J connectivity index is 1.83. The summed E-state index contributed by atoms with van der Waals surface area (Å²) in [4.78, 5) is 0. The molecule has 163 valence electrons. The first kappa shape index (κ1) is 22.9. The molecule has 0 bridgehead atoms. The fourth-order valence-electron chi connectivity index (χ4n) is 4.99. The molecule has 0 aliphatic heterocycles. The molecule has 0 heterocycles. The molecule has 1 unspecified atom stereocenters. The second-order valence-corrected chi connectivity index (χ2v) is 17.3. The number of hydrogen-bond acceptors (Lipinski definition) is 0. The van der Waals surface area contributed by atoms with Crippen molar-refractivity contribution in [3.63, 3.8) is 0 Å². The van der Waals surface area contributed by atoms with Crippen LogP contribution in [0.15, 0.2) is 103 Å². The van der Waals surface area contributed by atoms with Gasteiger partial charge in [-0.25, -0.2) is 0 Å². The van der Waals surface area contributed by atoms with Crippen LogP contribution in [-0.2, 0) is 19.4 Å². The number of hydrogen-bond donors (Lipinski definition) is 0. The monoisotopic (exact) mass is 545 g/mol. The van der Waals surface area contributed by atoms with Crippen LogP contribution in [0.25, 0.3) is 39.5 Å². The van der Waals surface area contributed by atoms with Gasteiger partial charge < -0.3 is 0 Å². The summed E-state index contributed by atoms with van der Waals surface area (Å²) in [6.07, 6.45) is 4.55. The van der Waals surface area contributed by atoms with E-state index in [1.54, 1.807) is 0 Å². The first-order chi connectivity index (χ1) is 16.2. The Morgan fingerprint density at radius 2 is 1.24 bits per heavy atom. The second-order valence-electron chi connectivity index (χ2n) is 8.46. The van der Waals surface area contributed by atoms with Gasteiger partial charge in [0.25, 0.3) is 0 Å². The van der Waals surface area contributed by atoms with Gasteiger partial charge in [0.15, 0.2) is 0 Å². The van der Waals surface area contributed by atoms with E-state index in [1.165, 1.54) is 50.1 Å². The van der Waals surface area contributed by atoms with Gasteiger partial charge in [-0.05, 0) is 0 Å². The van der Waals surface area contributed by atoms with E-state index in [1.807, 2.05) is 0 Å². The number of fused-ring (bicyclic) bond motifs is 1. The Bertz CT molecular complexity index is 1290. The first-order valence-corrected chi connectivity index (χ1v) is 19.2. The van der Waals surface area contributed by atoms with E-state index in [0.717, 1.165) is 12.8 Å². The van der Waals surface area contributed by atoms with Crippen LogP contribution in [0.2, 0.25) is 0 Å². The Morgan fingerprint density at radius 1 is 0.667 bits per heavy atom. The molecule has 4 aromatic rings. The van der Waals surface area contributed by atoms with Gasteiger partial charge in [0.1, 0.15) is 0 Å². The van der Waals surface area contributed by atoms with E-state index in [2.05, 4.69) is 110 Å². The molecule has 0 fully saturated rings. The number of rotatable bonds is 6. The van der Waals surface area contributed by atoms with Crippen molar-refractivity contribution < 1.29 is 19.4 Å². The number of allylic oxidation sites excluding steroid dienone is 1. The van der Waals surface area contributed by atoms with Gasteiger partial charge >= 0.3 is 213 Å². The van der Waals surface area contributed by atoms with Crippen LogP contribution in [0, 0.1) is 0 Å². The standard InChI is InChI=1S/C30H25.2ClH.Zr/c1-2-11-22-20-25-18-19-27(24-14-7-4-8-15-24)30(29(25)21-22)28-17-10-9-16-26(28)23-12-5-3-6-13-23;;;/h3-10,12-21H,2,11H2,1H3;2*1H;/q;;;+2/p-2. The van der Waals surface area contributed by atoms with E-state index in [4.69, 9.17) is 17.0 Å². The molecule has 0 saturated heterocycles. The Labute approximate surface area is 211 Å². The fourth-order valence-corrected chi connectivity index (χ4v) is 10.5. The molecule has 0 radical (unpaired) electrons. The topological polar surface area (TPSA) is 0 Å². The summed E-state index contributed by atoms with van der Waals surface area (Å²) in [7, 11) is 13.5. The molecule has 3 heteroatoms. The first-order valence-electron chi connectivity index (χ1n) is 11.4.